The van der Waals surface area contributed by atoms with E-state index < -0.39 is 16.9 Å². The van der Waals surface area contributed by atoms with Gasteiger partial charge in [0.2, 0.25) is 5.75 Å². The first-order valence-corrected chi connectivity index (χ1v) is 5.99. The third-order valence-corrected chi connectivity index (χ3v) is 2.69. The summed E-state index contributed by atoms with van der Waals surface area (Å²) >= 11 is 5.87. The summed E-state index contributed by atoms with van der Waals surface area (Å²) in [7, 11) is 0. The summed E-state index contributed by atoms with van der Waals surface area (Å²) in [6.07, 6.45) is 0.0930. The molecule has 0 saturated carbocycles. The van der Waals surface area contributed by atoms with Crippen LogP contribution in [0.5, 0.6) is 5.75 Å². The first-order valence-electron chi connectivity index (χ1n) is 5.61. The van der Waals surface area contributed by atoms with Crippen molar-refractivity contribution in [3.05, 3.63) is 33.3 Å². The van der Waals surface area contributed by atoms with Gasteiger partial charge in [0.05, 0.1) is 9.95 Å². The number of carbonyl (C=O) groups is 1. The Hall–Kier alpha value is -1.86. The van der Waals surface area contributed by atoms with E-state index >= 15 is 0 Å². The first kappa shape index (κ1) is 15.2. The maximum absolute atomic E-state index is 11.5. The topological polar surface area (TPSA) is 107 Å². The highest BCUT2D eigenvalue weighted by molar-refractivity contribution is 6.32. The predicted octanol–water partition coefficient (Wildman–Crippen LogP) is 1.79. The van der Waals surface area contributed by atoms with Crippen LogP contribution in [-0.4, -0.2) is 16.9 Å². The molecule has 1 unspecified atom stereocenters. The summed E-state index contributed by atoms with van der Waals surface area (Å²) in [5, 5.41) is 11.0. The highest BCUT2D eigenvalue weighted by atomic mass is 35.5. The molecule has 1 atom stereocenters. The van der Waals surface area contributed by atoms with Crippen molar-refractivity contribution in [2.75, 3.05) is 0 Å². The van der Waals surface area contributed by atoms with E-state index in [4.69, 9.17) is 22.2 Å². The molecule has 0 aromatic heterocycles. The molecule has 19 heavy (non-hydrogen) atoms. The number of hydrazine groups is 1. The van der Waals surface area contributed by atoms with Crippen molar-refractivity contribution < 1.29 is 14.5 Å². The zero-order valence-electron chi connectivity index (χ0n) is 10.3. The van der Waals surface area contributed by atoms with Crippen LogP contribution in [0, 0.1) is 10.1 Å². The molecule has 0 aliphatic rings. The summed E-state index contributed by atoms with van der Waals surface area (Å²) in [6, 6.07) is 4.14. The van der Waals surface area contributed by atoms with Crippen molar-refractivity contribution in [1.82, 2.24) is 5.43 Å². The smallest absolute Gasteiger partial charge is 0.312 e. The highest BCUT2D eigenvalue weighted by Gasteiger charge is 2.25. The number of nitrogens with zero attached hydrogens (tertiary/aromatic N) is 1. The number of para-hydroxylation sites is 1. The van der Waals surface area contributed by atoms with Crippen LogP contribution in [0.15, 0.2) is 18.2 Å². The Morgan fingerprint density at radius 3 is 2.84 bits per heavy atom. The maximum atomic E-state index is 11.5. The average molecular weight is 288 g/mol. The maximum Gasteiger partial charge on any atom is 0.312 e. The minimum absolute atomic E-state index is 0.0696. The number of ether oxygens (including phenoxy) is 1. The molecule has 3 N–H and O–H groups in total. The molecule has 0 bridgehead atoms. The van der Waals surface area contributed by atoms with Crippen LogP contribution in [-0.2, 0) is 4.79 Å². The van der Waals surface area contributed by atoms with Gasteiger partial charge in [-0.25, -0.2) is 5.84 Å². The number of benzene rings is 1. The molecule has 1 amide bonds. The number of hydrogen-bond donors (Lipinski definition) is 2. The number of nitro groups is 1. The Labute approximate surface area is 114 Å². The summed E-state index contributed by atoms with van der Waals surface area (Å²) < 4.78 is 5.37. The fourth-order valence-corrected chi connectivity index (χ4v) is 1.71. The zero-order chi connectivity index (χ0) is 14.4. The SMILES string of the molecule is CCCC(Oc1c(Cl)cccc1[N+](=O)[O-])C(=O)NN. The van der Waals surface area contributed by atoms with Crippen molar-refractivity contribution in [2.45, 2.75) is 25.9 Å². The lowest BCUT2D eigenvalue weighted by atomic mass is 10.2. The number of carbonyl (C=O) groups excluding carboxylic acids is 1. The van der Waals surface area contributed by atoms with E-state index in [0.29, 0.717) is 12.8 Å². The van der Waals surface area contributed by atoms with Gasteiger partial charge in [-0.2, -0.15) is 0 Å². The molecular weight excluding hydrogens is 274 g/mol. The standard InChI is InChI=1S/C11H14ClN3O4/c1-2-4-9(11(16)14-13)19-10-7(12)5-3-6-8(10)15(17)18/h3,5-6,9H,2,4,13H2,1H3,(H,14,16). The molecule has 8 heteroatoms. The van der Waals surface area contributed by atoms with Gasteiger partial charge < -0.3 is 4.74 Å². The third kappa shape index (κ3) is 3.80. The van der Waals surface area contributed by atoms with E-state index in [2.05, 4.69) is 0 Å². The number of nitro benzene ring substituents is 1. The van der Waals surface area contributed by atoms with Gasteiger partial charge in [0.15, 0.2) is 6.10 Å². The van der Waals surface area contributed by atoms with Gasteiger partial charge in [-0.15, -0.1) is 0 Å². The second kappa shape index (κ2) is 6.91. The van der Waals surface area contributed by atoms with Crippen molar-refractivity contribution in [1.29, 1.82) is 0 Å². The van der Waals surface area contributed by atoms with Crippen LogP contribution in [0.3, 0.4) is 0 Å². The van der Waals surface area contributed by atoms with E-state index in [9.17, 15) is 14.9 Å². The predicted molar refractivity (Wildman–Crippen MR) is 69.8 cm³/mol. The van der Waals surface area contributed by atoms with Gasteiger partial charge in [0.1, 0.15) is 0 Å². The van der Waals surface area contributed by atoms with Crippen molar-refractivity contribution in [2.24, 2.45) is 5.84 Å². The lowest BCUT2D eigenvalue weighted by Crippen LogP contribution is -2.42. The monoisotopic (exact) mass is 287 g/mol. The van der Waals surface area contributed by atoms with E-state index in [1.807, 2.05) is 12.3 Å². The molecule has 1 aromatic carbocycles. The number of halogens is 1. The summed E-state index contributed by atoms with van der Waals surface area (Å²) in [5.41, 5.74) is 1.67. The van der Waals surface area contributed by atoms with Crippen LogP contribution >= 0.6 is 11.6 Å². The van der Waals surface area contributed by atoms with Gasteiger partial charge in [0.25, 0.3) is 5.91 Å². The molecule has 0 aliphatic carbocycles. The van der Waals surface area contributed by atoms with Crippen LogP contribution in [0.2, 0.25) is 5.02 Å². The average Bonchev–Trinajstić information content (AvgIpc) is 2.38. The van der Waals surface area contributed by atoms with E-state index in [1.165, 1.54) is 18.2 Å². The summed E-state index contributed by atoms with van der Waals surface area (Å²) in [6.45, 7) is 1.85. The fourth-order valence-electron chi connectivity index (χ4n) is 1.50. The Morgan fingerprint density at radius 1 is 1.63 bits per heavy atom. The molecule has 0 radical (unpaired) electrons. The molecule has 104 valence electrons. The number of nitrogens with two attached hydrogens (primary N) is 1. The zero-order valence-corrected chi connectivity index (χ0v) is 11.0. The molecular formula is C11H14ClN3O4. The van der Waals surface area contributed by atoms with Crippen molar-refractivity contribution in [3.8, 4) is 5.75 Å². The molecule has 0 fully saturated rings. The Morgan fingerprint density at radius 2 is 2.32 bits per heavy atom. The molecule has 1 rings (SSSR count). The van der Waals surface area contributed by atoms with Gasteiger partial charge in [-0.1, -0.05) is 31.0 Å². The molecule has 0 spiro atoms. The fraction of sp³-hybridized carbons (Fsp3) is 0.364. The van der Waals surface area contributed by atoms with Gasteiger partial charge in [0, 0.05) is 6.07 Å². The van der Waals surface area contributed by atoms with Crippen LogP contribution in [0.25, 0.3) is 0 Å². The van der Waals surface area contributed by atoms with Gasteiger partial charge >= 0.3 is 5.69 Å². The second-order valence-corrected chi connectivity index (χ2v) is 4.16. The van der Waals surface area contributed by atoms with Crippen LogP contribution < -0.4 is 16.0 Å². The van der Waals surface area contributed by atoms with Gasteiger partial charge in [-0.05, 0) is 12.5 Å². The number of amides is 1. The first-order chi connectivity index (χ1) is 9.01. The third-order valence-electron chi connectivity index (χ3n) is 2.39. The molecule has 0 heterocycles. The Kier molecular flexibility index (Phi) is 5.53. The van der Waals surface area contributed by atoms with E-state index in [0.717, 1.165) is 0 Å². The number of rotatable bonds is 6. The van der Waals surface area contributed by atoms with E-state index in [1.54, 1.807) is 0 Å². The highest BCUT2D eigenvalue weighted by Crippen LogP contribution is 2.35. The lowest BCUT2D eigenvalue weighted by molar-refractivity contribution is -0.386. The number of hydrogen-bond acceptors (Lipinski definition) is 5. The normalized spacial score (nSPS) is 11.7. The molecule has 1 aromatic rings. The largest absolute Gasteiger partial charge is 0.472 e. The van der Waals surface area contributed by atoms with Gasteiger partial charge in [-0.3, -0.25) is 20.3 Å². The van der Waals surface area contributed by atoms with E-state index in [-0.39, 0.29) is 16.5 Å². The molecule has 0 saturated heterocycles. The summed E-state index contributed by atoms with van der Waals surface area (Å²) in [5.74, 6) is 4.36. The number of nitrogens with one attached hydrogen (secondary N) is 1. The quantitative estimate of drug-likeness (QED) is 0.359. The Bertz CT molecular complexity index is 481. The van der Waals surface area contributed by atoms with Crippen molar-refractivity contribution >= 4 is 23.2 Å². The molecule has 0 aliphatic heterocycles. The minimum Gasteiger partial charge on any atom is -0.472 e. The van der Waals surface area contributed by atoms with Crippen LogP contribution in [0.4, 0.5) is 5.69 Å². The minimum atomic E-state index is -0.923. The summed E-state index contributed by atoms with van der Waals surface area (Å²) in [4.78, 5) is 21.8. The second-order valence-electron chi connectivity index (χ2n) is 3.75. The molecule has 7 nitrogen and oxygen atoms in total. The van der Waals surface area contributed by atoms with Crippen LogP contribution in [0.1, 0.15) is 19.8 Å². The Balaban J connectivity index is 3.08. The lowest BCUT2D eigenvalue weighted by Gasteiger charge is -2.17. The van der Waals surface area contributed by atoms with Crippen molar-refractivity contribution in [3.63, 3.8) is 0 Å².